The molecule has 1 rings (SSSR count). The van der Waals surface area contributed by atoms with Crippen LogP contribution in [0.2, 0.25) is 0 Å². The van der Waals surface area contributed by atoms with E-state index < -0.39 is 5.41 Å². The van der Waals surface area contributed by atoms with E-state index >= 15 is 0 Å². The summed E-state index contributed by atoms with van der Waals surface area (Å²) in [5, 5.41) is 5.42. The van der Waals surface area contributed by atoms with Gasteiger partial charge < -0.3 is 16.4 Å². The third kappa shape index (κ3) is 4.46. The first kappa shape index (κ1) is 17.2. The predicted octanol–water partition coefficient (Wildman–Crippen LogP) is 0.568. The van der Waals surface area contributed by atoms with Gasteiger partial charge in [0.1, 0.15) is 0 Å². The molecule has 0 atom stereocenters. The smallest absolute Gasteiger partial charge is 0.239 e. The molecule has 0 bridgehead atoms. The van der Waals surface area contributed by atoms with Crippen LogP contribution in [0.3, 0.4) is 0 Å². The van der Waals surface area contributed by atoms with E-state index in [0.717, 1.165) is 25.7 Å². The Morgan fingerprint density at radius 3 is 2.28 bits per heavy atom. The number of carbonyl (C=O) groups excluding carboxylic acids is 2. The fraction of sp³-hybridized carbons (Fsp3) is 0.833. The molecule has 18 heavy (non-hydrogen) atoms. The van der Waals surface area contributed by atoms with Gasteiger partial charge in [0.25, 0.3) is 0 Å². The van der Waals surface area contributed by atoms with Gasteiger partial charge in [0, 0.05) is 12.6 Å². The highest BCUT2D eigenvalue weighted by Crippen LogP contribution is 2.37. The maximum Gasteiger partial charge on any atom is 0.239 e. The Morgan fingerprint density at radius 1 is 1.28 bits per heavy atom. The van der Waals surface area contributed by atoms with Gasteiger partial charge in [0.05, 0.1) is 12.0 Å². The molecule has 5 nitrogen and oxygen atoms in total. The predicted molar refractivity (Wildman–Crippen MR) is 73.5 cm³/mol. The normalized spacial score (nSPS) is 17.1. The number of rotatable bonds is 5. The summed E-state index contributed by atoms with van der Waals surface area (Å²) in [5.74, 6) is -0.227. The molecule has 1 saturated carbocycles. The average Bonchev–Trinajstić information content (AvgIpc) is 2.74. The molecular formula is C12H24ClN3O2. The summed E-state index contributed by atoms with van der Waals surface area (Å²) in [5.41, 5.74) is 5.26. The van der Waals surface area contributed by atoms with Crippen molar-refractivity contribution in [3.8, 4) is 0 Å². The van der Waals surface area contributed by atoms with Gasteiger partial charge in [-0.2, -0.15) is 0 Å². The standard InChI is InChI=1S/C12H23N3O2.ClH/c1-9(2)15-10(16)7-14-11(17)12(8-13)5-3-4-6-12;/h9H,3-8,13H2,1-2H3,(H,14,17)(H,15,16);1H. The zero-order valence-electron chi connectivity index (χ0n) is 11.1. The first-order valence-electron chi connectivity index (χ1n) is 6.28. The van der Waals surface area contributed by atoms with Crippen molar-refractivity contribution in [2.24, 2.45) is 11.1 Å². The van der Waals surface area contributed by atoms with Crippen molar-refractivity contribution in [2.45, 2.75) is 45.6 Å². The van der Waals surface area contributed by atoms with E-state index in [1.807, 2.05) is 13.8 Å². The number of nitrogens with one attached hydrogen (secondary N) is 2. The molecule has 0 spiro atoms. The van der Waals surface area contributed by atoms with Crippen LogP contribution < -0.4 is 16.4 Å². The van der Waals surface area contributed by atoms with Gasteiger partial charge in [-0.05, 0) is 26.7 Å². The number of halogens is 1. The highest BCUT2D eigenvalue weighted by atomic mass is 35.5. The lowest BCUT2D eigenvalue weighted by molar-refractivity contribution is -0.132. The largest absolute Gasteiger partial charge is 0.352 e. The third-order valence-corrected chi connectivity index (χ3v) is 3.29. The molecule has 1 aliphatic rings. The molecule has 1 fully saturated rings. The van der Waals surface area contributed by atoms with Crippen LogP contribution in [-0.2, 0) is 9.59 Å². The first-order chi connectivity index (χ1) is 8.00. The highest BCUT2D eigenvalue weighted by Gasteiger charge is 2.39. The van der Waals surface area contributed by atoms with Gasteiger partial charge in [-0.25, -0.2) is 0 Å². The number of hydrogen-bond donors (Lipinski definition) is 3. The average molecular weight is 278 g/mol. The minimum absolute atomic E-state index is 0. The maximum absolute atomic E-state index is 12.0. The second-order valence-corrected chi connectivity index (χ2v) is 5.10. The first-order valence-corrected chi connectivity index (χ1v) is 6.28. The lowest BCUT2D eigenvalue weighted by atomic mass is 9.85. The van der Waals surface area contributed by atoms with Crippen molar-refractivity contribution in [3.05, 3.63) is 0 Å². The van der Waals surface area contributed by atoms with Gasteiger partial charge in [-0.15, -0.1) is 12.4 Å². The maximum atomic E-state index is 12.0. The number of nitrogens with two attached hydrogens (primary N) is 1. The molecule has 0 aliphatic heterocycles. The van der Waals surface area contributed by atoms with Crippen LogP contribution in [0.1, 0.15) is 39.5 Å². The van der Waals surface area contributed by atoms with Crippen molar-refractivity contribution in [1.82, 2.24) is 10.6 Å². The summed E-state index contributed by atoms with van der Waals surface area (Å²) in [6, 6.07) is 0.0920. The minimum Gasteiger partial charge on any atom is -0.352 e. The van der Waals surface area contributed by atoms with Gasteiger partial charge in [-0.3, -0.25) is 9.59 Å². The van der Waals surface area contributed by atoms with E-state index in [4.69, 9.17) is 5.73 Å². The quantitative estimate of drug-likeness (QED) is 0.687. The van der Waals surface area contributed by atoms with Crippen molar-refractivity contribution >= 4 is 24.2 Å². The zero-order chi connectivity index (χ0) is 12.9. The van der Waals surface area contributed by atoms with Crippen molar-refractivity contribution in [3.63, 3.8) is 0 Å². The topological polar surface area (TPSA) is 84.2 Å². The number of hydrogen-bond acceptors (Lipinski definition) is 3. The van der Waals surface area contributed by atoms with Crippen molar-refractivity contribution < 1.29 is 9.59 Å². The summed E-state index contributed by atoms with van der Waals surface area (Å²) in [6.07, 6.45) is 3.76. The monoisotopic (exact) mass is 277 g/mol. The Morgan fingerprint density at radius 2 is 1.83 bits per heavy atom. The molecule has 0 unspecified atom stereocenters. The van der Waals surface area contributed by atoms with E-state index in [-0.39, 0.29) is 36.8 Å². The Bertz CT molecular complexity index is 289. The summed E-state index contributed by atoms with van der Waals surface area (Å²) in [6.45, 7) is 4.18. The van der Waals surface area contributed by atoms with Gasteiger partial charge in [0.2, 0.25) is 11.8 Å². The summed E-state index contributed by atoms with van der Waals surface area (Å²) >= 11 is 0. The van der Waals surface area contributed by atoms with Gasteiger partial charge in [-0.1, -0.05) is 12.8 Å². The van der Waals surface area contributed by atoms with Gasteiger partial charge >= 0.3 is 0 Å². The summed E-state index contributed by atoms with van der Waals surface area (Å²) in [7, 11) is 0. The Labute approximate surface area is 115 Å². The molecule has 0 heterocycles. The van der Waals surface area contributed by atoms with E-state index in [1.54, 1.807) is 0 Å². The third-order valence-electron chi connectivity index (χ3n) is 3.29. The van der Waals surface area contributed by atoms with E-state index in [9.17, 15) is 9.59 Å². The van der Waals surface area contributed by atoms with Crippen LogP contribution in [0.4, 0.5) is 0 Å². The summed E-state index contributed by atoms with van der Waals surface area (Å²) in [4.78, 5) is 23.4. The lowest BCUT2D eigenvalue weighted by Gasteiger charge is -2.25. The van der Waals surface area contributed by atoms with E-state index in [0.29, 0.717) is 6.54 Å². The molecule has 106 valence electrons. The fourth-order valence-electron chi connectivity index (χ4n) is 2.30. The SMILES string of the molecule is CC(C)NC(=O)CNC(=O)C1(CN)CCCC1.Cl. The highest BCUT2D eigenvalue weighted by molar-refractivity contribution is 5.88. The van der Waals surface area contributed by atoms with E-state index in [2.05, 4.69) is 10.6 Å². The molecule has 4 N–H and O–H groups in total. The van der Waals surface area contributed by atoms with Crippen LogP contribution in [0.15, 0.2) is 0 Å². The molecule has 0 aromatic rings. The second-order valence-electron chi connectivity index (χ2n) is 5.10. The zero-order valence-corrected chi connectivity index (χ0v) is 11.9. The minimum atomic E-state index is -0.432. The van der Waals surface area contributed by atoms with Crippen molar-refractivity contribution in [2.75, 3.05) is 13.1 Å². The Balaban J connectivity index is 0.00000289. The molecule has 6 heteroatoms. The Kier molecular flexibility index (Phi) is 7.25. The van der Waals surface area contributed by atoms with Crippen molar-refractivity contribution in [1.29, 1.82) is 0 Å². The van der Waals surface area contributed by atoms with Gasteiger partial charge in [0.15, 0.2) is 0 Å². The van der Waals surface area contributed by atoms with Crippen LogP contribution >= 0.6 is 12.4 Å². The molecule has 0 aromatic carbocycles. The van der Waals surface area contributed by atoms with Crippen LogP contribution in [-0.4, -0.2) is 30.9 Å². The molecule has 1 aliphatic carbocycles. The summed E-state index contributed by atoms with van der Waals surface area (Å²) < 4.78 is 0. The van der Waals surface area contributed by atoms with Crippen LogP contribution in [0.5, 0.6) is 0 Å². The molecule has 0 saturated heterocycles. The number of carbonyl (C=O) groups is 2. The van der Waals surface area contributed by atoms with Crippen LogP contribution in [0.25, 0.3) is 0 Å². The fourth-order valence-corrected chi connectivity index (χ4v) is 2.30. The second kappa shape index (κ2) is 7.59. The Hall–Kier alpha value is -0.810. The van der Waals surface area contributed by atoms with Crippen LogP contribution in [0, 0.1) is 5.41 Å². The molecule has 0 aromatic heterocycles. The molecule has 2 amide bonds. The number of amides is 2. The lowest BCUT2D eigenvalue weighted by Crippen LogP contribution is -2.48. The molecular weight excluding hydrogens is 254 g/mol. The molecule has 0 radical (unpaired) electrons. The van der Waals surface area contributed by atoms with E-state index in [1.165, 1.54) is 0 Å².